The van der Waals surface area contributed by atoms with Crippen molar-refractivity contribution in [1.82, 2.24) is 8.87 Å². The Balaban J connectivity index is 1.38. The average Bonchev–Trinajstić information content (AvgIpc) is 3.12. The van der Waals surface area contributed by atoms with Crippen LogP contribution in [0.15, 0.2) is 56.6 Å². The molecule has 10 nitrogen and oxygen atoms in total. The number of hydrogen-bond donors (Lipinski definition) is 1. The van der Waals surface area contributed by atoms with Crippen molar-refractivity contribution in [1.29, 1.82) is 0 Å². The monoisotopic (exact) mass is 487 g/mol. The van der Waals surface area contributed by atoms with Crippen molar-refractivity contribution in [2.24, 2.45) is 13.0 Å². The molecule has 1 aliphatic rings. The smallest absolute Gasteiger partial charge is 0.419 e. The minimum absolute atomic E-state index is 0.0407. The summed E-state index contributed by atoms with van der Waals surface area (Å²) < 4.78 is 38.9. The van der Waals surface area contributed by atoms with Gasteiger partial charge < -0.3 is 14.5 Å². The summed E-state index contributed by atoms with van der Waals surface area (Å²) in [5.74, 6) is -1.53. The lowest BCUT2D eigenvalue weighted by molar-refractivity contribution is -0.120. The number of nitrogens with one attached hydrogen (secondary N) is 1. The highest BCUT2D eigenvalue weighted by molar-refractivity contribution is 7.89. The van der Waals surface area contributed by atoms with E-state index in [9.17, 15) is 22.8 Å². The normalized spacial score (nSPS) is 15.4. The number of nitrogens with zero attached hydrogens (tertiary/aromatic N) is 2. The molecule has 11 heteroatoms. The molecule has 1 fully saturated rings. The van der Waals surface area contributed by atoms with Crippen molar-refractivity contribution >= 4 is 38.7 Å². The van der Waals surface area contributed by atoms with E-state index in [2.05, 4.69) is 5.32 Å². The number of benzene rings is 2. The number of ether oxygens (including phenoxy) is 1. The number of fused-ring (bicyclic) bond motifs is 1. The summed E-state index contributed by atoms with van der Waals surface area (Å²) >= 11 is 0. The summed E-state index contributed by atoms with van der Waals surface area (Å²) in [5, 5.41) is 2.82. The first-order chi connectivity index (χ1) is 16.2. The van der Waals surface area contributed by atoms with Crippen LogP contribution in [0.5, 0.6) is 0 Å². The van der Waals surface area contributed by atoms with Crippen molar-refractivity contribution in [2.45, 2.75) is 24.7 Å². The Morgan fingerprint density at radius 1 is 1.12 bits per heavy atom. The highest BCUT2D eigenvalue weighted by Crippen LogP contribution is 2.27. The maximum absolute atomic E-state index is 13.1. The van der Waals surface area contributed by atoms with E-state index in [0.29, 0.717) is 29.6 Å². The Morgan fingerprint density at radius 2 is 1.79 bits per heavy atom. The predicted octanol–water partition coefficient (Wildman–Crippen LogP) is 2.35. The number of aryl methyl sites for hydroxylation is 1. The molecule has 4 rings (SSSR count). The van der Waals surface area contributed by atoms with E-state index < -0.39 is 21.7 Å². The number of carbonyl (C=O) groups excluding carboxylic acids is 2. The molecule has 1 saturated heterocycles. The highest BCUT2D eigenvalue weighted by Gasteiger charge is 2.32. The first kappa shape index (κ1) is 23.7. The van der Waals surface area contributed by atoms with Gasteiger partial charge in [0, 0.05) is 37.8 Å². The molecule has 1 aliphatic heterocycles. The van der Waals surface area contributed by atoms with E-state index in [-0.39, 0.29) is 42.0 Å². The zero-order chi connectivity index (χ0) is 24.5. The SMILES string of the molecule is CCOC(=O)c1ccc(NC(=O)C2CCN(S(=O)(=O)c3ccc4c(c3)oc(=O)n4C)CC2)cc1. The zero-order valence-electron chi connectivity index (χ0n) is 18.8. The van der Waals surface area contributed by atoms with Gasteiger partial charge in [-0.15, -0.1) is 0 Å². The van der Waals surface area contributed by atoms with Gasteiger partial charge >= 0.3 is 11.7 Å². The van der Waals surface area contributed by atoms with Gasteiger partial charge in [0.15, 0.2) is 5.58 Å². The van der Waals surface area contributed by atoms with E-state index >= 15 is 0 Å². The van der Waals surface area contributed by atoms with E-state index in [1.165, 1.54) is 21.0 Å². The van der Waals surface area contributed by atoms with Crippen LogP contribution >= 0.6 is 0 Å². The number of sulfonamides is 1. The van der Waals surface area contributed by atoms with E-state index in [1.54, 1.807) is 44.3 Å². The Hall–Kier alpha value is -3.44. The van der Waals surface area contributed by atoms with E-state index in [0.717, 1.165) is 0 Å². The minimum Gasteiger partial charge on any atom is -0.462 e. The Labute approximate surface area is 196 Å². The van der Waals surface area contributed by atoms with E-state index in [4.69, 9.17) is 9.15 Å². The van der Waals surface area contributed by atoms with Gasteiger partial charge in [0.1, 0.15) is 0 Å². The largest absolute Gasteiger partial charge is 0.462 e. The molecule has 1 amide bonds. The fraction of sp³-hybridized carbons (Fsp3) is 0.348. The first-order valence-electron chi connectivity index (χ1n) is 10.9. The highest BCUT2D eigenvalue weighted by atomic mass is 32.2. The van der Waals surface area contributed by atoms with Crippen molar-refractivity contribution in [3.8, 4) is 0 Å². The van der Waals surface area contributed by atoms with Crippen molar-refractivity contribution in [2.75, 3.05) is 25.0 Å². The third kappa shape index (κ3) is 4.62. The maximum Gasteiger partial charge on any atom is 0.419 e. The summed E-state index contributed by atoms with van der Waals surface area (Å²) in [6.45, 7) is 2.39. The van der Waals surface area contributed by atoms with Crippen LogP contribution in [-0.2, 0) is 26.6 Å². The van der Waals surface area contributed by atoms with Crippen molar-refractivity contribution in [3.05, 3.63) is 58.6 Å². The number of rotatable bonds is 6. The lowest BCUT2D eigenvalue weighted by atomic mass is 9.97. The molecule has 0 radical (unpaired) electrons. The summed E-state index contributed by atoms with van der Waals surface area (Å²) in [5.41, 5.74) is 1.66. The molecule has 0 bridgehead atoms. The standard InChI is InChI=1S/C23H25N3O7S/c1-3-32-22(28)16-4-6-17(7-5-16)24-21(27)15-10-12-26(13-11-15)34(30,31)18-8-9-19-20(14-18)33-23(29)25(19)2/h4-9,14-15H,3,10-13H2,1-2H3,(H,24,27). The van der Waals surface area contributed by atoms with E-state index in [1.807, 2.05) is 0 Å². The van der Waals surface area contributed by atoms with Gasteiger partial charge in [-0.3, -0.25) is 9.36 Å². The molecule has 0 spiro atoms. The molecule has 1 N–H and O–H groups in total. The molecular weight excluding hydrogens is 462 g/mol. The molecule has 2 aromatic carbocycles. The Morgan fingerprint density at radius 3 is 2.44 bits per heavy atom. The fourth-order valence-electron chi connectivity index (χ4n) is 3.93. The molecule has 180 valence electrons. The van der Waals surface area contributed by atoms with Crippen LogP contribution in [0, 0.1) is 5.92 Å². The van der Waals surface area contributed by atoms with Crippen LogP contribution in [0.1, 0.15) is 30.1 Å². The maximum atomic E-state index is 13.1. The quantitative estimate of drug-likeness (QED) is 0.529. The lowest BCUT2D eigenvalue weighted by Crippen LogP contribution is -2.41. The van der Waals surface area contributed by atoms with Gasteiger partial charge in [-0.25, -0.2) is 18.0 Å². The van der Waals surface area contributed by atoms with Crippen LogP contribution in [0.4, 0.5) is 5.69 Å². The Kier molecular flexibility index (Phi) is 6.58. The summed E-state index contributed by atoms with van der Waals surface area (Å²) in [6, 6.07) is 10.8. The molecule has 2 heterocycles. The number of carbonyl (C=O) groups is 2. The van der Waals surface area contributed by atoms with Crippen LogP contribution in [0.2, 0.25) is 0 Å². The molecule has 3 aromatic rings. The van der Waals surface area contributed by atoms with Crippen LogP contribution in [0.25, 0.3) is 11.1 Å². The van der Waals surface area contributed by atoms with Crippen LogP contribution in [0.3, 0.4) is 0 Å². The molecule has 0 aliphatic carbocycles. The first-order valence-corrected chi connectivity index (χ1v) is 12.3. The number of hydrogen-bond acceptors (Lipinski definition) is 7. The van der Waals surface area contributed by atoms with Crippen LogP contribution in [-0.4, -0.2) is 48.9 Å². The van der Waals surface area contributed by atoms with Gasteiger partial charge in [-0.05, 0) is 56.2 Å². The summed E-state index contributed by atoms with van der Waals surface area (Å²) in [4.78, 5) is 36.1. The van der Waals surface area contributed by atoms with Crippen molar-refractivity contribution < 1.29 is 27.2 Å². The second-order valence-corrected chi connectivity index (χ2v) is 9.96. The molecule has 0 saturated carbocycles. The number of anilines is 1. The molecule has 0 unspecified atom stereocenters. The minimum atomic E-state index is -3.80. The van der Waals surface area contributed by atoms with Gasteiger partial charge in [0.2, 0.25) is 15.9 Å². The fourth-order valence-corrected chi connectivity index (χ4v) is 5.42. The molecule has 1 aromatic heterocycles. The predicted molar refractivity (Wildman–Crippen MR) is 124 cm³/mol. The van der Waals surface area contributed by atoms with Gasteiger partial charge in [0.25, 0.3) is 0 Å². The zero-order valence-corrected chi connectivity index (χ0v) is 19.6. The number of amides is 1. The Bertz CT molecular complexity index is 1380. The molecule has 34 heavy (non-hydrogen) atoms. The third-order valence-electron chi connectivity index (χ3n) is 5.89. The third-order valence-corrected chi connectivity index (χ3v) is 7.78. The lowest BCUT2D eigenvalue weighted by Gasteiger charge is -2.30. The molecular formula is C23H25N3O7S. The summed E-state index contributed by atoms with van der Waals surface area (Å²) in [7, 11) is -2.25. The topological polar surface area (TPSA) is 128 Å². The molecule has 0 atom stereocenters. The van der Waals surface area contributed by atoms with Gasteiger partial charge in [-0.2, -0.15) is 4.31 Å². The second-order valence-electron chi connectivity index (χ2n) is 8.02. The number of oxazole rings is 1. The summed E-state index contributed by atoms with van der Waals surface area (Å²) in [6.07, 6.45) is 0.739. The average molecular weight is 488 g/mol. The number of aromatic nitrogens is 1. The van der Waals surface area contributed by atoms with Gasteiger partial charge in [-0.1, -0.05) is 0 Å². The number of piperidine rings is 1. The van der Waals surface area contributed by atoms with Crippen molar-refractivity contribution in [3.63, 3.8) is 0 Å². The number of esters is 1. The van der Waals surface area contributed by atoms with Gasteiger partial charge in [0.05, 0.1) is 22.6 Å². The van der Waals surface area contributed by atoms with Crippen LogP contribution < -0.4 is 11.1 Å². The second kappa shape index (κ2) is 9.43.